The number of ether oxygens (including phenoxy) is 1. The van der Waals surface area contributed by atoms with Gasteiger partial charge in [-0.25, -0.2) is 4.79 Å². The SMILES string of the molecule is CCOCCCNC(=O)N[C@@H](C(=O)N1CCc2ccccc21)c1ccccc1. The molecule has 6 nitrogen and oxygen atoms in total. The van der Waals surface area contributed by atoms with Gasteiger partial charge in [-0.15, -0.1) is 0 Å². The molecule has 1 heterocycles. The Balaban J connectivity index is 1.70. The summed E-state index contributed by atoms with van der Waals surface area (Å²) in [6.45, 7) is 4.32. The summed E-state index contributed by atoms with van der Waals surface area (Å²) in [6, 6.07) is 16.2. The van der Waals surface area contributed by atoms with E-state index < -0.39 is 6.04 Å². The Morgan fingerprint density at radius 3 is 2.64 bits per heavy atom. The molecule has 3 amide bonds. The Hall–Kier alpha value is -2.86. The minimum absolute atomic E-state index is 0.124. The van der Waals surface area contributed by atoms with Crippen molar-refractivity contribution >= 4 is 17.6 Å². The summed E-state index contributed by atoms with van der Waals surface area (Å²) < 4.78 is 5.27. The first-order valence-electron chi connectivity index (χ1n) is 9.77. The lowest BCUT2D eigenvalue weighted by molar-refractivity contribution is -0.120. The van der Waals surface area contributed by atoms with Crippen molar-refractivity contribution in [2.24, 2.45) is 0 Å². The molecule has 28 heavy (non-hydrogen) atoms. The second kappa shape index (κ2) is 9.90. The molecule has 3 rings (SSSR count). The molecule has 1 aliphatic heterocycles. The molecule has 2 aromatic rings. The Labute approximate surface area is 165 Å². The van der Waals surface area contributed by atoms with Crippen LogP contribution in [0.5, 0.6) is 0 Å². The van der Waals surface area contributed by atoms with Gasteiger partial charge in [-0.2, -0.15) is 0 Å². The normalized spacial score (nSPS) is 13.7. The van der Waals surface area contributed by atoms with Gasteiger partial charge in [-0.3, -0.25) is 4.79 Å². The highest BCUT2D eigenvalue weighted by molar-refractivity contribution is 6.01. The van der Waals surface area contributed by atoms with Gasteiger partial charge in [0.05, 0.1) is 0 Å². The van der Waals surface area contributed by atoms with E-state index in [-0.39, 0.29) is 11.9 Å². The number of nitrogens with zero attached hydrogens (tertiary/aromatic N) is 1. The average molecular weight is 381 g/mol. The molecule has 2 N–H and O–H groups in total. The van der Waals surface area contributed by atoms with Crippen LogP contribution in [0.3, 0.4) is 0 Å². The molecule has 1 aliphatic rings. The summed E-state index contributed by atoms with van der Waals surface area (Å²) in [5.41, 5.74) is 2.84. The van der Waals surface area contributed by atoms with Crippen molar-refractivity contribution in [3.05, 3.63) is 65.7 Å². The van der Waals surface area contributed by atoms with Gasteiger partial charge in [0.15, 0.2) is 0 Å². The van der Waals surface area contributed by atoms with E-state index >= 15 is 0 Å². The number of anilines is 1. The van der Waals surface area contributed by atoms with Crippen LogP contribution in [0.15, 0.2) is 54.6 Å². The Kier molecular flexibility index (Phi) is 7.03. The number of urea groups is 1. The lowest BCUT2D eigenvalue weighted by Crippen LogP contribution is -2.46. The minimum atomic E-state index is -0.737. The molecule has 0 unspecified atom stereocenters. The van der Waals surface area contributed by atoms with Crippen LogP contribution in [0.25, 0.3) is 0 Å². The van der Waals surface area contributed by atoms with Crippen LogP contribution in [0, 0.1) is 0 Å². The predicted molar refractivity (Wildman–Crippen MR) is 109 cm³/mol. The van der Waals surface area contributed by atoms with Gasteiger partial charge in [0.2, 0.25) is 0 Å². The van der Waals surface area contributed by atoms with Crippen molar-refractivity contribution < 1.29 is 14.3 Å². The number of benzene rings is 2. The largest absolute Gasteiger partial charge is 0.382 e. The van der Waals surface area contributed by atoms with Crippen LogP contribution in [0.2, 0.25) is 0 Å². The molecular formula is C22H27N3O3. The van der Waals surface area contributed by atoms with E-state index in [4.69, 9.17) is 4.74 Å². The number of hydrogen-bond acceptors (Lipinski definition) is 3. The van der Waals surface area contributed by atoms with Crippen molar-refractivity contribution in [1.29, 1.82) is 0 Å². The maximum Gasteiger partial charge on any atom is 0.315 e. The van der Waals surface area contributed by atoms with Crippen molar-refractivity contribution in [3.8, 4) is 0 Å². The van der Waals surface area contributed by atoms with E-state index in [2.05, 4.69) is 10.6 Å². The number of para-hydroxylation sites is 1. The first-order chi connectivity index (χ1) is 13.7. The predicted octanol–water partition coefficient (Wildman–Crippen LogP) is 3.04. The van der Waals surface area contributed by atoms with Crippen molar-refractivity contribution in [2.45, 2.75) is 25.8 Å². The molecule has 0 aliphatic carbocycles. The number of rotatable bonds is 8. The summed E-state index contributed by atoms with van der Waals surface area (Å²) in [5, 5.41) is 5.66. The zero-order chi connectivity index (χ0) is 19.8. The van der Waals surface area contributed by atoms with Gasteiger partial charge in [-0.05, 0) is 37.0 Å². The quantitative estimate of drug-likeness (QED) is 0.691. The van der Waals surface area contributed by atoms with Crippen LogP contribution in [-0.2, 0) is 16.0 Å². The van der Waals surface area contributed by atoms with Crippen molar-refractivity contribution in [1.82, 2.24) is 10.6 Å². The van der Waals surface area contributed by atoms with Crippen LogP contribution in [0.1, 0.15) is 30.5 Å². The van der Waals surface area contributed by atoms with E-state index in [1.807, 2.05) is 61.5 Å². The fraction of sp³-hybridized carbons (Fsp3) is 0.364. The van der Waals surface area contributed by atoms with E-state index in [0.29, 0.717) is 26.3 Å². The number of carbonyl (C=O) groups excluding carboxylic acids is 2. The first kappa shape index (κ1) is 19.9. The molecule has 0 saturated heterocycles. The zero-order valence-corrected chi connectivity index (χ0v) is 16.2. The molecular weight excluding hydrogens is 354 g/mol. The van der Waals surface area contributed by atoms with Gasteiger partial charge in [0.25, 0.3) is 5.91 Å². The monoisotopic (exact) mass is 381 g/mol. The van der Waals surface area contributed by atoms with Crippen LogP contribution in [0.4, 0.5) is 10.5 Å². The van der Waals surface area contributed by atoms with Gasteiger partial charge < -0.3 is 20.3 Å². The van der Waals surface area contributed by atoms with Gasteiger partial charge in [0, 0.05) is 32.0 Å². The van der Waals surface area contributed by atoms with Gasteiger partial charge >= 0.3 is 6.03 Å². The maximum absolute atomic E-state index is 13.3. The highest BCUT2D eigenvalue weighted by Crippen LogP contribution is 2.30. The fourth-order valence-corrected chi connectivity index (χ4v) is 3.36. The Bertz CT molecular complexity index is 795. The standard InChI is InChI=1S/C22H27N3O3/c1-2-28-16-8-14-23-22(27)24-20(18-10-4-3-5-11-18)21(26)25-15-13-17-9-6-7-12-19(17)25/h3-7,9-12,20H,2,8,13-16H2,1H3,(H2,23,24,27)/t20-/m1/s1. The van der Waals surface area contributed by atoms with E-state index in [9.17, 15) is 9.59 Å². The Morgan fingerprint density at radius 1 is 1.11 bits per heavy atom. The highest BCUT2D eigenvalue weighted by atomic mass is 16.5. The van der Waals surface area contributed by atoms with Crippen molar-refractivity contribution in [2.75, 3.05) is 31.2 Å². The lowest BCUT2D eigenvalue weighted by Gasteiger charge is -2.25. The fourth-order valence-electron chi connectivity index (χ4n) is 3.36. The van der Waals surface area contributed by atoms with Gasteiger partial charge in [-0.1, -0.05) is 48.5 Å². The number of hydrogen-bond donors (Lipinski definition) is 2. The molecule has 6 heteroatoms. The average Bonchev–Trinajstić information content (AvgIpc) is 3.16. The van der Waals surface area contributed by atoms with Gasteiger partial charge in [0.1, 0.15) is 6.04 Å². The number of fused-ring (bicyclic) bond motifs is 1. The number of nitrogens with one attached hydrogen (secondary N) is 2. The molecule has 0 aromatic heterocycles. The van der Waals surface area contributed by atoms with E-state index in [1.54, 1.807) is 4.90 Å². The highest BCUT2D eigenvalue weighted by Gasteiger charge is 2.31. The van der Waals surface area contributed by atoms with Crippen LogP contribution >= 0.6 is 0 Å². The second-order valence-electron chi connectivity index (χ2n) is 6.66. The molecule has 0 spiro atoms. The zero-order valence-electron chi connectivity index (χ0n) is 16.2. The smallest absolute Gasteiger partial charge is 0.315 e. The summed E-state index contributed by atoms with van der Waals surface area (Å²) in [6.07, 6.45) is 1.55. The van der Waals surface area contributed by atoms with Crippen LogP contribution < -0.4 is 15.5 Å². The molecule has 0 radical (unpaired) electrons. The molecule has 0 saturated carbocycles. The minimum Gasteiger partial charge on any atom is -0.382 e. The summed E-state index contributed by atoms with van der Waals surface area (Å²) in [4.78, 5) is 27.5. The van der Waals surface area contributed by atoms with E-state index in [0.717, 1.165) is 29.7 Å². The molecule has 1 atom stereocenters. The molecule has 148 valence electrons. The topological polar surface area (TPSA) is 70.7 Å². The second-order valence-corrected chi connectivity index (χ2v) is 6.66. The molecule has 2 aromatic carbocycles. The van der Waals surface area contributed by atoms with Crippen LogP contribution in [-0.4, -0.2) is 38.2 Å². The lowest BCUT2D eigenvalue weighted by atomic mass is 10.1. The third kappa shape index (κ3) is 4.89. The summed E-state index contributed by atoms with van der Waals surface area (Å²) in [5.74, 6) is -0.124. The molecule has 0 fully saturated rings. The summed E-state index contributed by atoms with van der Waals surface area (Å²) in [7, 11) is 0. The maximum atomic E-state index is 13.3. The van der Waals surface area contributed by atoms with E-state index in [1.165, 1.54) is 0 Å². The number of carbonyl (C=O) groups is 2. The van der Waals surface area contributed by atoms with Crippen molar-refractivity contribution in [3.63, 3.8) is 0 Å². The number of amides is 3. The molecule has 0 bridgehead atoms. The third-order valence-corrected chi connectivity index (χ3v) is 4.76. The third-order valence-electron chi connectivity index (χ3n) is 4.76. The first-order valence-corrected chi connectivity index (χ1v) is 9.77. The Morgan fingerprint density at radius 2 is 1.86 bits per heavy atom. The summed E-state index contributed by atoms with van der Waals surface area (Å²) >= 11 is 0.